The van der Waals surface area contributed by atoms with E-state index in [0.29, 0.717) is 16.5 Å². The zero-order valence-electron chi connectivity index (χ0n) is 14.8. The maximum Gasteiger partial charge on any atom is 0.270 e. The van der Waals surface area contributed by atoms with Crippen molar-refractivity contribution in [2.24, 2.45) is 0 Å². The molecule has 1 aliphatic rings. The minimum atomic E-state index is -0.618. The first-order valence-corrected chi connectivity index (χ1v) is 9.73. The van der Waals surface area contributed by atoms with Gasteiger partial charge < -0.3 is 4.42 Å². The quantitative estimate of drug-likeness (QED) is 0.382. The van der Waals surface area contributed by atoms with Gasteiger partial charge in [0.05, 0.1) is 5.69 Å². The molecule has 1 fully saturated rings. The predicted molar refractivity (Wildman–Crippen MR) is 112 cm³/mol. The number of nitrogens with zero attached hydrogens (tertiary/aromatic N) is 1. The van der Waals surface area contributed by atoms with Gasteiger partial charge in [0.2, 0.25) is 0 Å². The topological polar surface area (TPSA) is 62.6 Å². The highest BCUT2D eigenvalue weighted by Gasteiger charge is 2.34. The maximum absolute atomic E-state index is 13.2. The van der Waals surface area contributed by atoms with Crippen molar-refractivity contribution in [3.05, 3.63) is 83.9 Å². The molecule has 8 heteroatoms. The van der Waals surface area contributed by atoms with Crippen LogP contribution in [-0.4, -0.2) is 16.9 Å². The van der Waals surface area contributed by atoms with Crippen molar-refractivity contribution >= 4 is 52.7 Å². The van der Waals surface area contributed by atoms with Gasteiger partial charge in [-0.2, -0.15) is 0 Å². The van der Waals surface area contributed by atoms with Gasteiger partial charge in [0.1, 0.15) is 17.2 Å². The number of benzene rings is 2. The molecule has 2 amide bonds. The number of carbonyl (C=O) groups is 2. The zero-order valence-corrected chi connectivity index (χ0v) is 16.4. The lowest BCUT2D eigenvalue weighted by atomic mass is 10.1. The summed E-state index contributed by atoms with van der Waals surface area (Å²) < 4.78 is 18.9. The molecule has 5 nitrogen and oxygen atoms in total. The molecule has 0 aliphatic carbocycles. The van der Waals surface area contributed by atoms with Gasteiger partial charge in [-0.1, -0.05) is 30.0 Å². The normalized spacial score (nSPS) is 15.7. The highest BCUT2D eigenvalue weighted by atomic mass is 32.2. The molecule has 0 saturated carbocycles. The summed E-state index contributed by atoms with van der Waals surface area (Å²) in [6.07, 6.45) is 1.37. The Morgan fingerprint density at radius 1 is 1.00 bits per heavy atom. The Morgan fingerprint density at radius 3 is 2.45 bits per heavy atom. The molecule has 2 heterocycles. The second-order valence-corrected chi connectivity index (χ2v) is 7.47. The van der Waals surface area contributed by atoms with Gasteiger partial charge in [-0.05, 0) is 66.8 Å². The fourth-order valence-electron chi connectivity index (χ4n) is 2.70. The third-order valence-corrected chi connectivity index (χ3v) is 5.25. The van der Waals surface area contributed by atoms with Crippen LogP contribution in [0, 0.1) is 5.82 Å². The van der Waals surface area contributed by atoms with E-state index >= 15 is 0 Å². The minimum Gasteiger partial charge on any atom is -0.450 e. The van der Waals surface area contributed by atoms with Crippen LogP contribution in [0.3, 0.4) is 0 Å². The van der Waals surface area contributed by atoms with Crippen molar-refractivity contribution in [2.75, 3.05) is 4.90 Å². The number of amides is 2. The average Bonchev–Trinajstić information content (AvgIpc) is 3.14. The molecule has 2 aromatic carbocycles. The van der Waals surface area contributed by atoms with Gasteiger partial charge in [-0.15, -0.1) is 0 Å². The Bertz CT molecular complexity index is 1120. The number of halogens is 1. The molecule has 29 heavy (non-hydrogen) atoms. The van der Waals surface area contributed by atoms with E-state index in [1.807, 2.05) is 30.3 Å². The molecule has 1 saturated heterocycles. The molecule has 1 N–H and O–H groups in total. The van der Waals surface area contributed by atoms with Crippen LogP contribution in [0.2, 0.25) is 0 Å². The standard InChI is InChI=1S/C21H13FN2O3S2/c22-13-6-8-14(9-7-13)24-20(26)17(19(25)23-21(24)28)12-15-10-11-18(27-15)29-16-4-2-1-3-5-16/h1-12H,(H,23,25,28)/b17-12-. The second kappa shape index (κ2) is 8.02. The smallest absolute Gasteiger partial charge is 0.270 e. The van der Waals surface area contributed by atoms with Crippen LogP contribution in [0.4, 0.5) is 10.1 Å². The SMILES string of the molecule is O=C1NC(=S)N(c2ccc(F)cc2)C(=O)/C1=C\c1ccc(Sc2ccccc2)o1. The van der Waals surface area contributed by atoms with Crippen molar-refractivity contribution in [2.45, 2.75) is 9.99 Å². The summed E-state index contributed by atoms with van der Waals surface area (Å²) in [5.74, 6) is -1.32. The van der Waals surface area contributed by atoms with Gasteiger partial charge in [-0.25, -0.2) is 4.39 Å². The third kappa shape index (κ3) is 4.13. The lowest BCUT2D eigenvalue weighted by Crippen LogP contribution is -2.54. The molecular weight excluding hydrogens is 411 g/mol. The van der Waals surface area contributed by atoms with Gasteiger partial charge >= 0.3 is 0 Å². The molecule has 144 valence electrons. The van der Waals surface area contributed by atoms with Gasteiger partial charge in [0.25, 0.3) is 11.8 Å². The van der Waals surface area contributed by atoms with Crippen LogP contribution in [-0.2, 0) is 9.59 Å². The zero-order chi connectivity index (χ0) is 20.4. The van der Waals surface area contributed by atoms with Crippen LogP contribution in [0.5, 0.6) is 0 Å². The summed E-state index contributed by atoms with van der Waals surface area (Å²) in [5.41, 5.74) is 0.223. The second-order valence-electron chi connectivity index (χ2n) is 6.01. The first-order valence-electron chi connectivity index (χ1n) is 8.51. The Morgan fingerprint density at radius 2 is 1.72 bits per heavy atom. The van der Waals surface area contributed by atoms with Gasteiger partial charge in [0.15, 0.2) is 10.2 Å². The number of hydrogen-bond donors (Lipinski definition) is 1. The van der Waals surface area contributed by atoms with Gasteiger partial charge in [0, 0.05) is 4.90 Å². The number of nitrogens with one attached hydrogen (secondary N) is 1. The monoisotopic (exact) mass is 424 g/mol. The molecule has 0 spiro atoms. The van der Waals surface area contributed by atoms with Crippen LogP contribution < -0.4 is 10.2 Å². The predicted octanol–water partition coefficient (Wildman–Crippen LogP) is 4.40. The van der Waals surface area contributed by atoms with Crippen molar-refractivity contribution in [3.8, 4) is 0 Å². The van der Waals surface area contributed by atoms with Gasteiger partial charge in [-0.3, -0.25) is 19.8 Å². The Kier molecular flexibility index (Phi) is 5.28. The fraction of sp³-hybridized carbons (Fsp3) is 0. The molecule has 0 unspecified atom stereocenters. The summed E-state index contributed by atoms with van der Waals surface area (Å²) in [7, 11) is 0. The van der Waals surface area contributed by atoms with E-state index < -0.39 is 17.6 Å². The molecule has 4 rings (SSSR count). The van der Waals surface area contributed by atoms with E-state index in [4.69, 9.17) is 16.6 Å². The Hall–Kier alpha value is -3.23. The minimum absolute atomic E-state index is 0.0662. The van der Waals surface area contributed by atoms with Crippen LogP contribution >= 0.6 is 24.0 Å². The van der Waals surface area contributed by atoms with E-state index in [0.717, 1.165) is 9.80 Å². The summed E-state index contributed by atoms with van der Waals surface area (Å²) in [6, 6.07) is 18.4. The first kappa shape index (κ1) is 19.1. The van der Waals surface area contributed by atoms with E-state index in [1.54, 1.807) is 12.1 Å². The summed E-state index contributed by atoms with van der Waals surface area (Å²) >= 11 is 6.54. The average molecular weight is 424 g/mol. The van der Waals surface area contributed by atoms with E-state index in [1.165, 1.54) is 42.1 Å². The largest absolute Gasteiger partial charge is 0.450 e. The van der Waals surface area contributed by atoms with Crippen LogP contribution in [0.15, 0.2) is 86.7 Å². The summed E-state index contributed by atoms with van der Waals surface area (Å²) in [4.78, 5) is 27.4. The van der Waals surface area contributed by atoms with Crippen molar-refractivity contribution in [3.63, 3.8) is 0 Å². The Balaban J connectivity index is 1.60. The molecular formula is C21H13FN2O3S2. The molecule has 0 radical (unpaired) electrons. The number of thiocarbonyl (C=S) groups is 1. The maximum atomic E-state index is 13.2. The van der Waals surface area contributed by atoms with Crippen LogP contribution in [0.1, 0.15) is 5.76 Å². The van der Waals surface area contributed by atoms with E-state index in [9.17, 15) is 14.0 Å². The molecule has 0 bridgehead atoms. The van der Waals surface area contributed by atoms with Crippen LogP contribution in [0.25, 0.3) is 6.08 Å². The number of rotatable bonds is 4. The number of furan rings is 1. The Labute approximate surface area is 175 Å². The number of carbonyl (C=O) groups excluding carboxylic acids is 2. The van der Waals surface area contributed by atoms with Crippen molar-refractivity contribution in [1.82, 2.24) is 5.32 Å². The lowest BCUT2D eigenvalue weighted by molar-refractivity contribution is -0.122. The highest BCUT2D eigenvalue weighted by molar-refractivity contribution is 7.99. The first-order chi connectivity index (χ1) is 14.0. The lowest BCUT2D eigenvalue weighted by Gasteiger charge is -2.28. The summed E-state index contributed by atoms with van der Waals surface area (Å²) in [6.45, 7) is 0. The van der Waals surface area contributed by atoms with E-state index in [-0.39, 0.29) is 10.7 Å². The molecule has 3 aromatic rings. The third-order valence-electron chi connectivity index (χ3n) is 4.04. The highest BCUT2D eigenvalue weighted by Crippen LogP contribution is 2.30. The van der Waals surface area contributed by atoms with Crippen molar-refractivity contribution in [1.29, 1.82) is 0 Å². The van der Waals surface area contributed by atoms with E-state index in [2.05, 4.69) is 5.32 Å². The molecule has 0 atom stereocenters. The molecule has 1 aliphatic heterocycles. The number of hydrogen-bond acceptors (Lipinski definition) is 5. The fourth-order valence-corrected chi connectivity index (χ4v) is 3.78. The van der Waals surface area contributed by atoms with Crippen molar-refractivity contribution < 1.29 is 18.4 Å². The molecule has 1 aromatic heterocycles. The number of anilines is 1. The summed E-state index contributed by atoms with van der Waals surface area (Å²) in [5, 5.41) is 3.04.